The summed E-state index contributed by atoms with van der Waals surface area (Å²) in [5.41, 5.74) is 1.44. The van der Waals surface area contributed by atoms with Gasteiger partial charge in [0.15, 0.2) is 0 Å². The lowest BCUT2D eigenvalue weighted by molar-refractivity contribution is 0.246. The lowest BCUT2D eigenvalue weighted by Crippen LogP contribution is -2.32. The van der Waals surface area contributed by atoms with Gasteiger partial charge in [-0.2, -0.15) is 0 Å². The molecule has 0 heterocycles. The molecule has 0 saturated carbocycles. The number of hydrogen-bond acceptors (Lipinski definition) is 1. The summed E-state index contributed by atoms with van der Waals surface area (Å²) in [6, 6.07) is 11.4. The molecule has 1 nitrogen and oxygen atoms in total. The fraction of sp³-hybridized carbons (Fsp3) is 0.538. The van der Waals surface area contributed by atoms with Crippen LogP contribution in [0.2, 0.25) is 0 Å². The Hall–Kier alpha value is -0.820. The molecule has 0 N–H and O–H groups in total. The zero-order valence-corrected chi connectivity index (χ0v) is 9.53. The topological polar surface area (TPSA) is 3.24 Å². The Labute approximate surface area is 87.7 Å². The highest BCUT2D eigenvalue weighted by atomic mass is 15.1. The van der Waals surface area contributed by atoms with Crippen LogP contribution >= 0.6 is 0 Å². The van der Waals surface area contributed by atoms with Crippen LogP contribution in [0.4, 0.5) is 0 Å². The van der Waals surface area contributed by atoms with E-state index in [4.69, 9.17) is 0 Å². The molecule has 0 fully saturated rings. The molecule has 14 heavy (non-hydrogen) atoms. The number of benzene rings is 1. The molecule has 0 aliphatic carbocycles. The molecule has 1 rings (SSSR count). The Morgan fingerprint density at radius 3 is 2.29 bits per heavy atom. The van der Waals surface area contributed by atoms with Gasteiger partial charge < -0.3 is 4.90 Å². The van der Waals surface area contributed by atoms with Gasteiger partial charge in [0.2, 0.25) is 0 Å². The minimum Gasteiger partial charge on any atom is -0.303 e. The summed E-state index contributed by atoms with van der Waals surface area (Å²) in [6.07, 6.45) is 2.39. The van der Waals surface area contributed by atoms with Crippen LogP contribution in [0.1, 0.15) is 25.8 Å². The van der Waals surface area contributed by atoms with Gasteiger partial charge in [0.1, 0.15) is 0 Å². The zero-order valence-electron chi connectivity index (χ0n) is 9.53. The number of nitrogens with zero attached hydrogens (tertiary/aromatic N) is 1. The smallest absolute Gasteiger partial charge is 0.0130 e. The molecule has 1 heteroatoms. The quantitative estimate of drug-likeness (QED) is 0.691. The monoisotopic (exact) mass is 191 g/mol. The third kappa shape index (κ3) is 3.15. The van der Waals surface area contributed by atoms with Gasteiger partial charge in [-0.3, -0.25) is 0 Å². The molecule has 1 aromatic rings. The molecule has 1 aromatic carbocycles. The van der Waals surface area contributed by atoms with Crippen LogP contribution in [0.3, 0.4) is 0 Å². The number of likely N-dealkylation sites (N-methyl/N-ethyl adjacent to an activating group) is 1. The lowest BCUT2D eigenvalue weighted by atomic mass is 10.0. The summed E-state index contributed by atoms with van der Waals surface area (Å²) in [4.78, 5) is 2.42. The van der Waals surface area contributed by atoms with E-state index in [1.807, 2.05) is 0 Å². The Bertz CT molecular complexity index is 243. The van der Waals surface area contributed by atoms with Crippen molar-refractivity contribution in [3.63, 3.8) is 0 Å². The fourth-order valence-corrected chi connectivity index (χ4v) is 1.76. The second-order valence-corrected chi connectivity index (χ2v) is 3.83. The molecule has 0 aromatic heterocycles. The maximum Gasteiger partial charge on any atom is 0.0130 e. The summed E-state index contributed by atoms with van der Waals surface area (Å²) in [7, 11) is 2.21. The van der Waals surface area contributed by atoms with E-state index in [-0.39, 0.29) is 0 Å². The zero-order chi connectivity index (χ0) is 10.4. The molecule has 0 amide bonds. The Balaban J connectivity index is 2.57. The predicted octanol–water partition coefficient (Wildman–Crippen LogP) is 2.96. The van der Waals surface area contributed by atoms with E-state index < -0.39 is 0 Å². The standard InChI is InChI=1S/C13H21N/c1-4-13(14(3)5-2)11-12-9-7-6-8-10-12/h6-10,13H,4-5,11H2,1-3H3. The summed E-state index contributed by atoms with van der Waals surface area (Å²) < 4.78 is 0. The molecular weight excluding hydrogens is 170 g/mol. The molecule has 78 valence electrons. The van der Waals surface area contributed by atoms with E-state index >= 15 is 0 Å². The van der Waals surface area contributed by atoms with Crippen molar-refractivity contribution in [2.45, 2.75) is 32.7 Å². The van der Waals surface area contributed by atoms with Crippen molar-refractivity contribution in [1.82, 2.24) is 4.90 Å². The summed E-state index contributed by atoms with van der Waals surface area (Å²) in [5, 5.41) is 0. The van der Waals surface area contributed by atoms with E-state index in [0.717, 1.165) is 6.54 Å². The molecule has 0 spiro atoms. The highest BCUT2D eigenvalue weighted by Crippen LogP contribution is 2.10. The van der Waals surface area contributed by atoms with Gasteiger partial charge in [-0.1, -0.05) is 44.2 Å². The maximum atomic E-state index is 2.42. The van der Waals surface area contributed by atoms with Gasteiger partial charge in [-0.05, 0) is 32.0 Å². The third-order valence-electron chi connectivity index (χ3n) is 2.91. The van der Waals surface area contributed by atoms with Gasteiger partial charge in [0.05, 0.1) is 0 Å². The van der Waals surface area contributed by atoms with Crippen molar-refractivity contribution in [3.8, 4) is 0 Å². The molecule has 1 atom stereocenters. The van der Waals surface area contributed by atoms with Gasteiger partial charge in [0, 0.05) is 6.04 Å². The van der Waals surface area contributed by atoms with Crippen molar-refractivity contribution in [2.75, 3.05) is 13.6 Å². The third-order valence-corrected chi connectivity index (χ3v) is 2.91. The van der Waals surface area contributed by atoms with E-state index in [1.165, 1.54) is 18.4 Å². The second kappa shape index (κ2) is 5.82. The van der Waals surface area contributed by atoms with Crippen LogP contribution in [0, 0.1) is 0 Å². The molecule has 0 aliphatic rings. The first-order valence-corrected chi connectivity index (χ1v) is 5.52. The summed E-state index contributed by atoms with van der Waals surface area (Å²) >= 11 is 0. The first kappa shape index (κ1) is 11.3. The number of hydrogen-bond donors (Lipinski definition) is 0. The molecule has 1 unspecified atom stereocenters. The van der Waals surface area contributed by atoms with Crippen LogP contribution in [-0.2, 0) is 6.42 Å². The molecule has 0 aliphatic heterocycles. The first-order valence-electron chi connectivity index (χ1n) is 5.52. The Kier molecular flexibility index (Phi) is 4.68. The van der Waals surface area contributed by atoms with Crippen LogP contribution in [0.25, 0.3) is 0 Å². The summed E-state index contributed by atoms with van der Waals surface area (Å²) in [5.74, 6) is 0. The first-order chi connectivity index (χ1) is 6.77. The van der Waals surface area contributed by atoms with E-state index in [2.05, 4.69) is 56.1 Å². The van der Waals surface area contributed by atoms with E-state index in [1.54, 1.807) is 0 Å². The van der Waals surface area contributed by atoms with Crippen molar-refractivity contribution >= 4 is 0 Å². The van der Waals surface area contributed by atoms with Gasteiger partial charge in [0.25, 0.3) is 0 Å². The Morgan fingerprint density at radius 2 is 1.79 bits per heavy atom. The highest BCUT2D eigenvalue weighted by molar-refractivity contribution is 5.15. The van der Waals surface area contributed by atoms with Crippen LogP contribution in [0.15, 0.2) is 30.3 Å². The van der Waals surface area contributed by atoms with Crippen LogP contribution in [-0.4, -0.2) is 24.5 Å². The second-order valence-electron chi connectivity index (χ2n) is 3.83. The van der Waals surface area contributed by atoms with Crippen molar-refractivity contribution in [2.24, 2.45) is 0 Å². The Morgan fingerprint density at radius 1 is 1.14 bits per heavy atom. The van der Waals surface area contributed by atoms with Crippen molar-refractivity contribution < 1.29 is 0 Å². The van der Waals surface area contributed by atoms with Crippen molar-refractivity contribution in [1.29, 1.82) is 0 Å². The average Bonchev–Trinajstić information content (AvgIpc) is 2.26. The van der Waals surface area contributed by atoms with E-state index in [9.17, 15) is 0 Å². The number of rotatable bonds is 5. The van der Waals surface area contributed by atoms with Crippen molar-refractivity contribution in [3.05, 3.63) is 35.9 Å². The van der Waals surface area contributed by atoms with E-state index in [0.29, 0.717) is 6.04 Å². The van der Waals surface area contributed by atoms with Gasteiger partial charge in [-0.25, -0.2) is 0 Å². The van der Waals surface area contributed by atoms with Crippen LogP contribution < -0.4 is 0 Å². The SMILES string of the molecule is CCC(Cc1ccccc1)N(C)CC. The van der Waals surface area contributed by atoms with Gasteiger partial charge >= 0.3 is 0 Å². The fourth-order valence-electron chi connectivity index (χ4n) is 1.76. The average molecular weight is 191 g/mol. The van der Waals surface area contributed by atoms with Crippen LogP contribution in [0.5, 0.6) is 0 Å². The molecule has 0 saturated heterocycles. The highest BCUT2D eigenvalue weighted by Gasteiger charge is 2.10. The predicted molar refractivity (Wildman–Crippen MR) is 62.5 cm³/mol. The largest absolute Gasteiger partial charge is 0.303 e. The molecular formula is C13H21N. The lowest BCUT2D eigenvalue weighted by Gasteiger charge is -2.25. The minimum atomic E-state index is 0.683. The maximum absolute atomic E-state index is 2.42. The molecule has 0 bridgehead atoms. The molecule has 0 radical (unpaired) electrons. The normalized spacial score (nSPS) is 13.1. The minimum absolute atomic E-state index is 0.683. The van der Waals surface area contributed by atoms with Gasteiger partial charge in [-0.15, -0.1) is 0 Å². The summed E-state index contributed by atoms with van der Waals surface area (Å²) in [6.45, 7) is 5.61.